The van der Waals surface area contributed by atoms with E-state index in [0.29, 0.717) is 0 Å². The zero-order valence-corrected chi connectivity index (χ0v) is 13.7. The molecule has 0 spiro atoms. The van der Waals surface area contributed by atoms with Crippen LogP contribution in [0.5, 0.6) is 0 Å². The van der Waals surface area contributed by atoms with Gasteiger partial charge in [-0.15, -0.1) is 0 Å². The molecule has 1 fully saturated rings. The van der Waals surface area contributed by atoms with Gasteiger partial charge in [-0.05, 0) is 29.9 Å². The van der Waals surface area contributed by atoms with Gasteiger partial charge in [0.25, 0.3) is 5.91 Å². The van der Waals surface area contributed by atoms with Crippen LogP contribution in [0.4, 0.5) is 0 Å². The zero-order chi connectivity index (χ0) is 15.9. The van der Waals surface area contributed by atoms with Gasteiger partial charge in [-0.2, -0.15) is 5.26 Å². The molecule has 2 aliphatic rings. The second-order valence-corrected chi connectivity index (χ2v) is 7.59. The summed E-state index contributed by atoms with van der Waals surface area (Å²) in [6.45, 7) is 6.48. The van der Waals surface area contributed by atoms with Crippen LogP contribution in [-0.4, -0.2) is 16.8 Å². The molecule has 116 valence electrons. The van der Waals surface area contributed by atoms with Crippen molar-refractivity contribution in [3.63, 3.8) is 0 Å². The van der Waals surface area contributed by atoms with Crippen LogP contribution < -0.4 is 0 Å². The lowest BCUT2D eigenvalue weighted by Gasteiger charge is -2.33. The summed E-state index contributed by atoms with van der Waals surface area (Å²) in [5, 5.41) is 9.68. The first-order valence-corrected chi connectivity index (χ1v) is 8.30. The molecular formula is C19H24N2O. The number of fused-ring (bicyclic) bond motifs is 1. The minimum absolute atomic E-state index is 0.0241. The Morgan fingerprint density at radius 1 is 1.18 bits per heavy atom. The highest BCUT2D eigenvalue weighted by atomic mass is 16.2. The van der Waals surface area contributed by atoms with E-state index in [0.717, 1.165) is 36.8 Å². The molecule has 1 atom stereocenters. The molecule has 0 saturated heterocycles. The lowest BCUT2D eigenvalue weighted by molar-refractivity contribution is 0.0625. The molecule has 1 aromatic carbocycles. The second kappa shape index (κ2) is 5.43. The van der Waals surface area contributed by atoms with E-state index in [-0.39, 0.29) is 17.4 Å². The van der Waals surface area contributed by atoms with Gasteiger partial charge in [0.15, 0.2) is 0 Å². The van der Waals surface area contributed by atoms with Crippen molar-refractivity contribution in [1.82, 2.24) is 4.90 Å². The first kappa shape index (κ1) is 15.1. The van der Waals surface area contributed by atoms with Crippen molar-refractivity contribution in [3.8, 4) is 6.07 Å². The highest BCUT2D eigenvalue weighted by molar-refractivity contribution is 6.00. The minimum Gasteiger partial charge on any atom is -0.315 e. The molecule has 1 aromatic rings. The van der Waals surface area contributed by atoms with Crippen molar-refractivity contribution in [3.05, 3.63) is 34.9 Å². The van der Waals surface area contributed by atoms with Crippen LogP contribution in [-0.2, 0) is 5.41 Å². The van der Waals surface area contributed by atoms with Crippen LogP contribution in [0.2, 0.25) is 0 Å². The average Bonchev–Trinajstić information content (AvgIpc) is 2.79. The van der Waals surface area contributed by atoms with Crippen molar-refractivity contribution >= 4 is 5.91 Å². The number of carbonyl (C=O) groups excluding carboxylic acids is 1. The summed E-state index contributed by atoms with van der Waals surface area (Å²) in [6, 6.07) is 8.24. The van der Waals surface area contributed by atoms with E-state index in [1.54, 1.807) is 0 Å². The van der Waals surface area contributed by atoms with Crippen LogP contribution in [0.1, 0.15) is 80.4 Å². The Kier molecular flexibility index (Phi) is 3.72. The lowest BCUT2D eigenvalue weighted by atomic mass is 9.85. The maximum atomic E-state index is 12.8. The summed E-state index contributed by atoms with van der Waals surface area (Å²) in [6.07, 6.45) is 5.64. The van der Waals surface area contributed by atoms with E-state index < -0.39 is 6.04 Å². The summed E-state index contributed by atoms with van der Waals surface area (Å²) in [4.78, 5) is 14.7. The number of nitrogens with zero attached hydrogens (tertiary/aromatic N) is 2. The van der Waals surface area contributed by atoms with Gasteiger partial charge in [0, 0.05) is 17.2 Å². The van der Waals surface area contributed by atoms with Crippen molar-refractivity contribution < 1.29 is 4.79 Å². The Balaban J connectivity index is 2.00. The van der Waals surface area contributed by atoms with Crippen molar-refractivity contribution in [2.75, 3.05) is 0 Å². The quantitative estimate of drug-likeness (QED) is 0.774. The van der Waals surface area contributed by atoms with E-state index in [1.807, 2.05) is 17.0 Å². The Labute approximate surface area is 132 Å². The molecule has 0 radical (unpaired) electrons. The molecule has 1 saturated carbocycles. The fraction of sp³-hybridized carbons (Fsp3) is 0.579. The summed E-state index contributed by atoms with van der Waals surface area (Å²) in [7, 11) is 0. The molecule has 1 aliphatic heterocycles. The van der Waals surface area contributed by atoms with Crippen LogP contribution in [0, 0.1) is 11.3 Å². The highest BCUT2D eigenvalue weighted by Gasteiger charge is 2.41. The maximum absolute atomic E-state index is 12.8. The Hall–Kier alpha value is -1.82. The fourth-order valence-corrected chi connectivity index (χ4v) is 3.72. The lowest BCUT2D eigenvalue weighted by Crippen LogP contribution is -2.39. The van der Waals surface area contributed by atoms with Crippen molar-refractivity contribution in [1.29, 1.82) is 5.26 Å². The number of nitriles is 1. The van der Waals surface area contributed by atoms with Crippen molar-refractivity contribution in [2.24, 2.45) is 0 Å². The molecule has 22 heavy (non-hydrogen) atoms. The zero-order valence-electron chi connectivity index (χ0n) is 13.7. The SMILES string of the molecule is CC(C)(C)c1ccc2c(c1)C(C#N)N(C1CCCCC1)C2=O. The average molecular weight is 296 g/mol. The van der Waals surface area contributed by atoms with Gasteiger partial charge >= 0.3 is 0 Å². The molecule has 0 bridgehead atoms. The van der Waals surface area contributed by atoms with Gasteiger partial charge < -0.3 is 4.90 Å². The number of carbonyl (C=O) groups is 1. The van der Waals surface area contributed by atoms with Crippen LogP contribution in [0.25, 0.3) is 0 Å². The first-order valence-electron chi connectivity index (χ1n) is 8.30. The standard InChI is InChI=1S/C19H24N2O/c1-19(2,3)13-9-10-15-16(11-13)17(12-20)21(18(15)22)14-7-5-4-6-8-14/h9-11,14,17H,4-8H2,1-3H3. The number of amides is 1. The normalized spacial score (nSPS) is 22.5. The number of benzene rings is 1. The number of hydrogen-bond acceptors (Lipinski definition) is 2. The summed E-state index contributed by atoms with van der Waals surface area (Å²) >= 11 is 0. The molecule has 1 aliphatic carbocycles. The van der Waals surface area contributed by atoms with E-state index in [2.05, 4.69) is 32.9 Å². The smallest absolute Gasteiger partial charge is 0.255 e. The predicted molar refractivity (Wildman–Crippen MR) is 86.5 cm³/mol. The third kappa shape index (κ3) is 2.41. The summed E-state index contributed by atoms with van der Waals surface area (Å²) in [5.74, 6) is 0.0499. The number of rotatable bonds is 1. The van der Waals surface area contributed by atoms with Gasteiger partial charge in [-0.1, -0.05) is 52.2 Å². The molecule has 3 nitrogen and oxygen atoms in total. The van der Waals surface area contributed by atoms with E-state index in [9.17, 15) is 10.1 Å². The molecular weight excluding hydrogens is 272 g/mol. The molecule has 3 heteroatoms. The van der Waals surface area contributed by atoms with Crippen LogP contribution in [0.3, 0.4) is 0 Å². The third-order valence-corrected chi connectivity index (χ3v) is 5.05. The van der Waals surface area contributed by atoms with E-state index in [4.69, 9.17) is 0 Å². The Bertz CT molecular complexity index is 630. The summed E-state index contributed by atoms with van der Waals surface area (Å²) < 4.78 is 0. The van der Waals surface area contributed by atoms with Gasteiger partial charge in [0.2, 0.25) is 0 Å². The predicted octanol–water partition coefficient (Wildman–Crippen LogP) is 4.34. The second-order valence-electron chi connectivity index (χ2n) is 7.59. The van der Waals surface area contributed by atoms with Crippen molar-refractivity contribution in [2.45, 2.75) is 70.4 Å². The topological polar surface area (TPSA) is 44.1 Å². The Morgan fingerprint density at radius 2 is 1.86 bits per heavy atom. The first-order chi connectivity index (χ1) is 10.4. The highest BCUT2D eigenvalue weighted by Crippen LogP contribution is 2.40. The maximum Gasteiger partial charge on any atom is 0.255 e. The molecule has 0 aromatic heterocycles. The third-order valence-electron chi connectivity index (χ3n) is 5.05. The van der Waals surface area contributed by atoms with E-state index >= 15 is 0 Å². The minimum atomic E-state index is -0.409. The van der Waals surface area contributed by atoms with Gasteiger partial charge in [0.05, 0.1) is 6.07 Å². The number of hydrogen-bond donors (Lipinski definition) is 0. The van der Waals surface area contributed by atoms with Crippen LogP contribution >= 0.6 is 0 Å². The molecule has 3 rings (SSSR count). The molecule has 1 heterocycles. The van der Waals surface area contributed by atoms with Gasteiger partial charge in [0.1, 0.15) is 6.04 Å². The molecule has 1 amide bonds. The van der Waals surface area contributed by atoms with Gasteiger partial charge in [-0.3, -0.25) is 4.79 Å². The molecule has 0 N–H and O–H groups in total. The van der Waals surface area contributed by atoms with Gasteiger partial charge in [-0.25, -0.2) is 0 Å². The monoisotopic (exact) mass is 296 g/mol. The summed E-state index contributed by atoms with van der Waals surface area (Å²) in [5.41, 5.74) is 2.84. The Morgan fingerprint density at radius 3 is 2.45 bits per heavy atom. The molecule has 1 unspecified atom stereocenters. The van der Waals surface area contributed by atoms with Crippen LogP contribution in [0.15, 0.2) is 18.2 Å². The fourth-order valence-electron chi connectivity index (χ4n) is 3.72. The largest absolute Gasteiger partial charge is 0.315 e. The van der Waals surface area contributed by atoms with E-state index in [1.165, 1.54) is 12.0 Å².